The number of nitrogens with zero attached hydrogens (tertiary/aromatic N) is 1. The molecule has 0 spiro atoms. The highest BCUT2D eigenvalue weighted by Gasteiger charge is 2.34. The largest absolute Gasteiger partial charge is 0.345 e. The van der Waals surface area contributed by atoms with Crippen molar-refractivity contribution >= 4 is 18.1 Å². The van der Waals surface area contributed by atoms with Crippen LogP contribution in [0.2, 0.25) is 0 Å². The molecule has 0 aromatic rings. The number of likely N-dealkylation sites (tertiary alicyclic amines) is 1. The van der Waals surface area contributed by atoms with Gasteiger partial charge in [0.2, 0.25) is 11.8 Å². The van der Waals surface area contributed by atoms with Crippen LogP contribution in [0.4, 0.5) is 0 Å². The SMILES string of the molecule is CC(C)C[C@@H](C=O)NC(=O)[C@@H]1CCCN1C(=O)CN. The van der Waals surface area contributed by atoms with E-state index < -0.39 is 12.1 Å². The Balaban J connectivity index is 2.60. The fourth-order valence-electron chi connectivity index (χ4n) is 2.39. The number of rotatable bonds is 6. The first-order valence-electron chi connectivity index (χ1n) is 6.74. The van der Waals surface area contributed by atoms with E-state index in [1.165, 1.54) is 4.90 Å². The summed E-state index contributed by atoms with van der Waals surface area (Å²) in [5, 5.41) is 2.71. The summed E-state index contributed by atoms with van der Waals surface area (Å²) >= 11 is 0. The molecule has 2 amide bonds. The van der Waals surface area contributed by atoms with Crippen molar-refractivity contribution in [3.8, 4) is 0 Å². The van der Waals surface area contributed by atoms with Crippen molar-refractivity contribution in [1.82, 2.24) is 10.2 Å². The number of carbonyl (C=O) groups excluding carboxylic acids is 3. The standard InChI is InChI=1S/C13H23N3O3/c1-9(2)6-10(8-17)15-13(19)11-4-3-5-16(11)12(18)7-14/h8-11H,3-7,14H2,1-2H3,(H,15,19)/t10-,11-/m0/s1. The first kappa shape index (κ1) is 15.6. The van der Waals surface area contributed by atoms with Gasteiger partial charge in [-0.25, -0.2) is 0 Å². The number of carbonyl (C=O) groups is 3. The molecule has 1 aliphatic rings. The van der Waals surface area contributed by atoms with Crippen molar-refractivity contribution in [3.05, 3.63) is 0 Å². The Hall–Kier alpha value is -1.43. The smallest absolute Gasteiger partial charge is 0.243 e. The van der Waals surface area contributed by atoms with Gasteiger partial charge in [-0.3, -0.25) is 9.59 Å². The Bertz CT molecular complexity index is 344. The fourth-order valence-corrected chi connectivity index (χ4v) is 2.39. The number of hydrogen-bond donors (Lipinski definition) is 2. The highest BCUT2D eigenvalue weighted by molar-refractivity contribution is 5.90. The molecule has 0 aromatic carbocycles. The van der Waals surface area contributed by atoms with Crippen LogP contribution in [0.25, 0.3) is 0 Å². The predicted octanol–water partition coefficient (Wildman–Crippen LogP) is -0.334. The van der Waals surface area contributed by atoms with E-state index in [2.05, 4.69) is 5.32 Å². The molecule has 108 valence electrons. The van der Waals surface area contributed by atoms with Gasteiger partial charge in [0.15, 0.2) is 0 Å². The summed E-state index contributed by atoms with van der Waals surface area (Å²) in [7, 11) is 0. The van der Waals surface area contributed by atoms with Crippen LogP contribution in [0.5, 0.6) is 0 Å². The van der Waals surface area contributed by atoms with E-state index in [4.69, 9.17) is 5.73 Å². The zero-order valence-electron chi connectivity index (χ0n) is 11.6. The van der Waals surface area contributed by atoms with Gasteiger partial charge in [0.1, 0.15) is 12.3 Å². The summed E-state index contributed by atoms with van der Waals surface area (Å²) in [5.41, 5.74) is 5.33. The van der Waals surface area contributed by atoms with Gasteiger partial charge in [-0.2, -0.15) is 0 Å². The second kappa shape index (κ2) is 7.23. The van der Waals surface area contributed by atoms with E-state index in [0.29, 0.717) is 25.3 Å². The second-order valence-electron chi connectivity index (χ2n) is 5.33. The lowest BCUT2D eigenvalue weighted by Gasteiger charge is -2.25. The lowest BCUT2D eigenvalue weighted by Crippen LogP contribution is -2.50. The zero-order valence-corrected chi connectivity index (χ0v) is 11.6. The highest BCUT2D eigenvalue weighted by atomic mass is 16.2. The Morgan fingerprint density at radius 2 is 2.16 bits per heavy atom. The van der Waals surface area contributed by atoms with Crippen LogP contribution in [0, 0.1) is 5.92 Å². The van der Waals surface area contributed by atoms with Crippen molar-refractivity contribution in [1.29, 1.82) is 0 Å². The summed E-state index contributed by atoms with van der Waals surface area (Å²) in [6.45, 7) is 4.45. The molecular weight excluding hydrogens is 246 g/mol. The molecule has 1 aliphatic heterocycles. The summed E-state index contributed by atoms with van der Waals surface area (Å²) in [4.78, 5) is 36.2. The molecule has 0 aromatic heterocycles. The summed E-state index contributed by atoms with van der Waals surface area (Å²) < 4.78 is 0. The van der Waals surface area contributed by atoms with Gasteiger partial charge in [-0.1, -0.05) is 13.8 Å². The molecule has 2 atom stereocenters. The number of nitrogens with one attached hydrogen (secondary N) is 1. The predicted molar refractivity (Wildman–Crippen MR) is 71.2 cm³/mol. The normalized spacial score (nSPS) is 20.4. The maximum absolute atomic E-state index is 12.1. The molecule has 6 nitrogen and oxygen atoms in total. The van der Waals surface area contributed by atoms with E-state index in [1.54, 1.807) is 0 Å². The average molecular weight is 269 g/mol. The summed E-state index contributed by atoms with van der Waals surface area (Å²) in [6.07, 6.45) is 2.78. The van der Waals surface area contributed by atoms with Crippen LogP contribution >= 0.6 is 0 Å². The number of hydrogen-bond acceptors (Lipinski definition) is 4. The molecule has 0 radical (unpaired) electrons. The molecule has 6 heteroatoms. The molecule has 0 aliphatic carbocycles. The highest BCUT2D eigenvalue weighted by Crippen LogP contribution is 2.17. The minimum absolute atomic E-state index is 0.0904. The van der Waals surface area contributed by atoms with Crippen LogP contribution in [0.15, 0.2) is 0 Å². The molecule has 1 heterocycles. The monoisotopic (exact) mass is 269 g/mol. The van der Waals surface area contributed by atoms with Crippen LogP contribution in [-0.4, -0.2) is 48.2 Å². The Morgan fingerprint density at radius 1 is 1.47 bits per heavy atom. The third-order valence-corrected chi connectivity index (χ3v) is 3.27. The van der Waals surface area contributed by atoms with Crippen molar-refractivity contribution < 1.29 is 14.4 Å². The Morgan fingerprint density at radius 3 is 2.68 bits per heavy atom. The lowest BCUT2D eigenvalue weighted by atomic mass is 10.0. The molecule has 3 N–H and O–H groups in total. The Kier molecular flexibility index (Phi) is 5.95. The molecule has 0 unspecified atom stereocenters. The molecule has 1 fully saturated rings. The number of aldehydes is 1. The Labute approximate surface area is 113 Å². The van der Waals surface area contributed by atoms with Gasteiger partial charge in [-0.15, -0.1) is 0 Å². The first-order valence-corrected chi connectivity index (χ1v) is 6.74. The van der Waals surface area contributed by atoms with Crippen LogP contribution < -0.4 is 11.1 Å². The van der Waals surface area contributed by atoms with E-state index >= 15 is 0 Å². The third kappa shape index (κ3) is 4.31. The van der Waals surface area contributed by atoms with E-state index in [1.807, 2.05) is 13.8 Å². The second-order valence-corrected chi connectivity index (χ2v) is 5.33. The van der Waals surface area contributed by atoms with Crippen molar-refractivity contribution in [3.63, 3.8) is 0 Å². The molecular formula is C13H23N3O3. The number of amides is 2. The van der Waals surface area contributed by atoms with Crippen LogP contribution in [0.3, 0.4) is 0 Å². The van der Waals surface area contributed by atoms with Crippen LogP contribution in [-0.2, 0) is 14.4 Å². The zero-order chi connectivity index (χ0) is 14.4. The first-order chi connectivity index (χ1) is 8.99. The van der Waals surface area contributed by atoms with E-state index in [9.17, 15) is 14.4 Å². The quantitative estimate of drug-likeness (QED) is 0.646. The van der Waals surface area contributed by atoms with Gasteiger partial charge in [-0.05, 0) is 25.2 Å². The average Bonchev–Trinajstić information content (AvgIpc) is 2.85. The summed E-state index contributed by atoms with van der Waals surface area (Å²) in [5.74, 6) is -0.151. The van der Waals surface area contributed by atoms with Gasteiger partial charge >= 0.3 is 0 Å². The van der Waals surface area contributed by atoms with Crippen molar-refractivity contribution in [2.24, 2.45) is 11.7 Å². The van der Waals surface area contributed by atoms with Crippen LogP contribution in [0.1, 0.15) is 33.1 Å². The molecule has 1 rings (SSSR count). The fraction of sp³-hybridized carbons (Fsp3) is 0.769. The molecule has 0 bridgehead atoms. The van der Waals surface area contributed by atoms with Gasteiger partial charge in [0.05, 0.1) is 12.6 Å². The van der Waals surface area contributed by atoms with E-state index in [0.717, 1.165) is 12.7 Å². The molecule has 0 saturated carbocycles. The minimum atomic E-state index is -0.483. The lowest BCUT2D eigenvalue weighted by molar-refractivity contribution is -0.138. The van der Waals surface area contributed by atoms with Gasteiger partial charge in [0.25, 0.3) is 0 Å². The third-order valence-electron chi connectivity index (χ3n) is 3.27. The molecule has 19 heavy (non-hydrogen) atoms. The van der Waals surface area contributed by atoms with Gasteiger partial charge < -0.3 is 20.7 Å². The number of nitrogens with two attached hydrogens (primary N) is 1. The van der Waals surface area contributed by atoms with Crippen molar-refractivity contribution in [2.45, 2.75) is 45.2 Å². The van der Waals surface area contributed by atoms with E-state index in [-0.39, 0.29) is 18.4 Å². The van der Waals surface area contributed by atoms with Gasteiger partial charge in [0, 0.05) is 6.54 Å². The summed E-state index contributed by atoms with van der Waals surface area (Å²) in [6, 6.07) is -0.964. The maximum atomic E-state index is 12.1. The minimum Gasteiger partial charge on any atom is -0.345 e. The topological polar surface area (TPSA) is 92.5 Å². The maximum Gasteiger partial charge on any atom is 0.243 e. The van der Waals surface area contributed by atoms with Crippen molar-refractivity contribution in [2.75, 3.05) is 13.1 Å². The molecule has 1 saturated heterocycles.